The number of halogens is 2. The van der Waals surface area contributed by atoms with Crippen molar-refractivity contribution in [3.8, 4) is 0 Å². The Morgan fingerprint density at radius 3 is 2.67 bits per heavy atom. The third kappa shape index (κ3) is 4.80. The number of fused-ring (bicyclic) bond motifs is 1. The van der Waals surface area contributed by atoms with E-state index >= 15 is 0 Å². The highest BCUT2D eigenvalue weighted by Gasteiger charge is 2.42. The molecule has 10 nitrogen and oxygen atoms in total. The van der Waals surface area contributed by atoms with Gasteiger partial charge in [0.15, 0.2) is 0 Å². The van der Waals surface area contributed by atoms with Gasteiger partial charge in [0.2, 0.25) is 11.8 Å². The number of aromatic amines is 1. The van der Waals surface area contributed by atoms with Crippen molar-refractivity contribution >= 4 is 56.4 Å². The van der Waals surface area contributed by atoms with Gasteiger partial charge in [-0.3, -0.25) is 19.0 Å². The second kappa shape index (κ2) is 9.38. The molecule has 33 heavy (non-hydrogen) atoms. The predicted octanol–water partition coefficient (Wildman–Crippen LogP) is 2.38. The fourth-order valence-electron chi connectivity index (χ4n) is 3.40. The van der Waals surface area contributed by atoms with E-state index in [1.54, 1.807) is 24.3 Å². The summed E-state index contributed by atoms with van der Waals surface area (Å²) < 4.78 is 28.2. The van der Waals surface area contributed by atoms with Crippen molar-refractivity contribution in [2.45, 2.75) is 23.8 Å². The van der Waals surface area contributed by atoms with Gasteiger partial charge >= 0.3 is 0 Å². The molecule has 0 aliphatic carbocycles. The van der Waals surface area contributed by atoms with E-state index in [4.69, 9.17) is 23.2 Å². The van der Waals surface area contributed by atoms with Crippen molar-refractivity contribution in [2.24, 2.45) is 0 Å². The lowest BCUT2D eigenvalue weighted by Gasteiger charge is -2.36. The molecule has 0 spiro atoms. The number of nitrogens with one attached hydrogen (secondary N) is 3. The first-order valence-corrected chi connectivity index (χ1v) is 12.0. The van der Waals surface area contributed by atoms with Crippen molar-refractivity contribution < 1.29 is 18.0 Å². The highest BCUT2D eigenvalue weighted by Crippen LogP contribution is 2.38. The molecule has 1 unspecified atom stereocenters. The number of anilines is 2. The Balaban J connectivity index is 1.63. The van der Waals surface area contributed by atoms with Crippen LogP contribution in [0.15, 0.2) is 53.7 Å². The van der Waals surface area contributed by atoms with Gasteiger partial charge in [0.05, 0.1) is 32.7 Å². The van der Waals surface area contributed by atoms with E-state index in [0.717, 1.165) is 4.31 Å². The van der Waals surface area contributed by atoms with Crippen LogP contribution in [0.5, 0.6) is 0 Å². The minimum Gasteiger partial charge on any atom is -0.356 e. The maximum Gasteiger partial charge on any atom is 0.265 e. The van der Waals surface area contributed by atoms with Crippen LogP contribution >= 0.6 is 23.2 Å². The first-order valence-electron chi connectivity index (χ1n) is 9.77. The minimum atomic E-state index is -4.27. The number of hydrogen-bond donors (Lipinski definition) is 3. The van der Waals surface area contributed by atoms with E-state index in [9.17, 15) is 18.0 Å². The van der Waals surface area contributed by atoms with Crippen molar-refractivity contribution in [1.82, 2.24) is 20.5 Å². The zero-order chi connectivity index (χ0) is 23.6. The van der Waals surface area contributed by atoms with Crippen molar-refractivity contribution in [1.29, 1.82) is 0 Å². The molecular formula is C20H18Cl2N6O4S. The number of carbonyl (C=O) groups is 2. The monoisotopic (exact) mass is 508 g/mol. The highest BCUT2D eigenvalue weighted by molar-refractivity contribution is 7.93. The first-order chi connectivity index (χ1) is 15.8. The molecular weight excluding hydrogens is 491 g/mol. The van der Waals surface area contributed by atoms with Crippen LogP contribution in [0.4, 0.5) is 11.4 Å². The lowest BCUT2D eigenvalue weighted by Crippen LogP contribution is -2.52. The van der Waals surface area contributed by atoms with E-state index in [0.29, 0.717) is 17.9 Å². The molecule has 0 fully saturated rings. The Hall–Kier alpha value is -3.15. The molecule has 2 heterocycles. The summed E-state index contributed by atoms with van der Waals surface area (Å²) in [5, 5.41) is 12.0. The molecule has 0 saturated heterocycles. The normalized spacial score (nSPS) is 15.6. The van der Waals surface area contributed by atoms with Gasteiger partial charge in [-0.05, 0) is 30.3 Å². The molecule has 2 aromatic carbocycles. The van der Waals surface area contributed by atoms with Crippen LogP contribution in [0.3, 0.4) is 0 Å². The average Bonchev–Trinajstić information content (AvgIpc) is 3.29. The van der Waals surface area contributed by atoms with Crippen LogP contribution in [0.25, 0.3) is 0 Å². The number of carbonyl (C=O) groups excluding carboxylic acids is 2. The molecule has 0 bridgehead atoms. The van der Waals surface area contributed by atoms with E-state index in [1.165, 1.54) is 24.5 Å². The summed E-state index contributed by atoms with van der Waals surface area (Å²) in [6.45, 7) is 0.235. The number of sulfonamides is 1. The zero-order valence-corrected chi connectivity index (χ0v) is 19.3. The smallest absolute Gasteiger partial charge is 0.265 e. The van der Waals surface area contributed by atoms with Crippen molar-refractivity contribution in [3.63, 3.8) is 0 Å². The van der Waals surface area contributed by atoms with Crippen molar-refractivity contribution in [3.05, 3.63) is 64.7 Å². The third-order valence-corrected chi connectivity index (χ3v) is 7.52. The van der Waals surface area contributed by atoms with E-state index in [1.807, 2.05) is 0 Å². The molecule has 1 atom stereocenters. The number of nitrogens with zero attached hydrogens (tertiary/aromatic N) is 3. The first kappa shape index (κ1) is 23.0. The molecule has 0 saturated carbocycles. The molecule has 4 rings (SSSR count). The third-order valence-electron chi connectivity index (χ3n) is 4.96. The standard InChI is InChI=1S/C20H18Cl2N6O4S/c21-13-6-5-12(9-14(13)22)33(31,32)28-16-4-2-1-3-15(16)26-20(30)17(28)10-19(29)23-8-7-18-24-11-25-27-18/h1-6,9,11,17H,7-8,10H2,(H,23,29)(H,26,30)(H,24,25,27). The summed E-state index contributed by atoms with van der Waals surface area (Å²) in [4.78, 5) is 29.3. The van der Waals surface area contributed by atoms with Gasteiger partial charge in [-0.15, -0.1) is 0 Å². The largest absolute Gasteiger partial charge is 0.356 e. The molecule has 3 N–H and O–H groups in total. The number of hydrogen-bond acceptors (Lipinski definition) is 6. The number of para-hydroxylation sites is 2. The quantitative estimate of drug-likeness (QED) is 0.447. The SMILES string of the molecule is O=C(CC1C(=O)Nc2ccccc2N1S(=O)(=O)c1ccc(Cl)c(Cl)c1)NCCc1ncn[nH]1. The molecule has 2 amide bonds. The van der Waals surface area contributed by atoms with E-state index in [2.05, 4.69) is 25.8 Å². The molecule has 3 aromatic rings. The molecule has 1 aliphatic rings. The van der Waals surface area contributed by atoms with Crippen LogP contribution in [0, 0.1) is 0 Å². The van der Waals surface area contributed by atoms with Gasteiger partial charge < -0.3 is 10.6 Å². The lowest BCUT2D eigenvalue weighted by molar-refractivity contribution is -0.125. The number of benzene rings is 2. The summed E-state index contributed by atoms with van der Waals surface area (Å²) in [6, 6.07) is 9.00. The Bertz CT molecular complexity index is 1300. The number of H-pyrrole nitrogens is 1. The maximum atomic E-state index is 13.6. The topological polar surface area (TPSA) is 137 Å². The number of aromatic nitrogens is 3. The van der Waals surface area contributed by atoms with E-state index in [-0.39, 0.29) is 27.2 Å². The maximum absolute atomic E-state index is 13.6. The fraction of sp³-hybridized carbons (Fsp3) is 0.200. The van der Waals surface area contributed by atoms with E-state index < -0.39 is 34.3 Å². The van der Waals surface area contributed by atoms with Gasteiger partial charge in [-0.25, -0.2) is 13.4 Å². The van der Waals surface area contributed by atoms with Gasteiger partial charge in [-0.1, -0.05) is 35.3 Å². The van der Waals surface area contributed by atoms with Crippen LogP contribution in [-0.2, 0) is 26.0 Å². The summed E-state index contributed by atoms with van der Waals surface area (Å²) in [7, 11) is -4.27. The predicted molar refractivity (Wildman–Crippen MR) is 123 cm³/mol. The van der Waals surface area contributed by atoms with Crippen LogP contribution < -0.4 is 14.9 Å². The second-order valence-corrected chi connectivity index (χ2v) is 9.76. The number of rotatable bonds is 7. The van der Waals surface area contributed by atoms with Crippen molar-refractivity contribution in [2.75, 3.05) is 16.2 Å². The second-order valence-electron chi connectivity index (χ2n) is 7.14. The molecule has 1 aromatic heterocycles. The average molecular weight is 509 g/mol. The summed E-state index contributed by atoms with van der Waals surface area (Å²) in [6.07, 6.45) is 1.36. The highest BCUT2D eigenvalue weighted by atomic mass is 35.5. The van der Waals surface area contributed by atoms with Gasteiger partial charge in [0.25, 0.3) is 10.0 Å². The lowest BCUT2D eigenvalue weighted by atomic mass is 10.1. The molecule has 0 radical (unpaired) electrons. The van der Waals surface area contributed by atoms with Crippen LogP contribution in [-0.4, -0.2) is 48.0 Å². The molecule has 1 aliphatic heterocycles. The summed E-state index contributed by atoms with van der Waals surface area (Å²) >= 11 is 12.0. The summed E-state index contributed by atoms with van der Waals surface area (Å²) in [5.41, 5.74) is 0.552. The minimum absolute atomic E-state index is 0.0502. The molecule has 172 valence electrons. The Kier molecular flexibility index (Phi) is 6.54. The zero-order valence-electron chi connectivity index (χ0n) is 17.0. The Labute approximate surface area is 199 Å². The summed E-state index contributed by atoms with van der Waals surface area (Å²) in [5.74, 6) is -0.533. The number of amides is 2. The van der Waals surface area contributed by atoms with Crippen LogP contribution in [0.2, 0.25) is 10.0 Å². The fourth-order valence-corrected chi connectivity index (χ4v) is 5.42. The van der Waals surface area contributed by atoms with Crippen LogP contribution in [0.1, 0.15) is 12.2 Å². The van der Waals surface area contributed by atoms with Gasteiger partial charge in [0.1, 0.15) is 18.2 Å². The Morgan fingerprint density at radius 2 is 1.94 bits per heavy atom. The van der Waals surface area contributed by atoms with Gasteiger partial charge in [-0.2, -0.15) is 5.10 Å². The van der Waals surface area contributed by atoms with Gasteiger partial charge in [0, 0.05) is 13.0 Å². The Morgan fingerprint density at radius 1 is 1.15 bits per heavy atom. The molecule has 13 heteroatoms.